The van der Waals surface area contributed by atoms with Crippen LogP contribution in [0.4, 0.5) is 0 Å². The normalized spacial score (nSPS) is 10.5. The number of methoxy groups -OCH3 is 1. The van der Waals surface area contributed by atoms with Gasteiger partial charge >= 0.3 is 0 Å². The molecule has 1 amide bonds. The van der Waals surface area contributed by atoms with E-state index in [2.05, 4.69) is 11.4 Å². The number of nitrogens with one attached hydrogen (secondary N) is 1. The van der Waals surface area contributed by atoms with Crippen LogP contribution in [0.25, 0.3) is 0 Å². The topological polar surface area (TPSA) is 62.1 Å². The maximum atomic E-state index is 11.9. The van der Waals surface area contributed by atoms with E-state index < -0.39 is 5.41 Å². The molecule has 0 saturated heterocycles. The fourth-order valence-corrected chi connectivity index (χ4v) is 1.27. The minimum atomic E-state index is -0.572. The third kappa shape index (κ3) is 3.49. The molecule has 0 aliphatic carbocycles. The van der Waals surface area contributed by atoms with Gasteiger partial charge in [0.25, 0.3) is 5.91 Å². The summed E-state index contributed by atoms with van der Waals surface area (Å²) in [5.74, 6) is 0.297. The molecular formula is C13H16N2O2. The highest BCUT2D eigenvalue weighted by atomic mass is 16.5. The lowest BCUT2D eigenvalue weighted by molar-refractivity contribution is 0.0940. The molecule has 1 aromatic carbocycles. The van der Waals surface area contributed by atoms with Crippen molar-refractivity contribution in [1.82, 2.24) is 5.32 Å². The van der Waals surface area contributed by atoms with E-state index in [-0.39, 0.29) is 5.91 Å². The van der Waals surface area contributed by atoms with Gasteiger partial charge in [-0.05, 0) is 26.0 Å². The van der Waals surface area contributed by atoms with Crippen LogP contribution in [-0.4, -0.2) is 19.6 Å². The van der Waals surface area contributed by atoms with Gasteiger partial charge in [-0.25, -0.2) is 0 Å². The number of rotatable bonds is 4. The van der Waals surface area contributed by atoms with E-state index in [1.807, 2.05) is 0 Å². The molecule has 4 heteroatoms. The van der Waals surface area contributed by atoms with E-state index in [4.69, 9.17) is 10.00 Å². The molecule has 90 valence electrons. The molecule has 0 heterocycles. The van der Waals surface area contributed by atoms with Gasteiger partial charge < -0.3 is 10.1 Å². The average molecular weight is 232 g/mol. The zero-order valence-electron chi connectivity index (χ0n) is 10.3. The summed E-state index contributed by atoms with van der Waals surface area (Å²) in [6, 6.07) is 9.12. The van der Waals surface area contributed by atoms with Crippen LogP contribution >= 0.6 is 0 Å². The Morgan fingerprint density at radius 3 is 2.71 bits per heavy atom. The number of nitriles is 1. The fraction of sp³-hybridized carbons (Fsp3) is 0.385. The molecular weight excluding hydrogens is 216 g/mol. The SMILES string of the molecule is COc1ccccc1C(=O)NCC(C)(C)C#N. The van der Waals surface area contributed by atoms with Crippen molar-refractivity contribution in [2.75, 3.05) is 13.7 Å². The number of carbonyl (C=O) groups is 1. The number of hydrogen-bond donors (Lipinski definition) is 1. The quantitative estimate of drug-likeness (QED) is 0.863. The van der Waals surface area contributed by atoms with E-state index in [0.717, 1.165) is 0 Å². The summed E-state index contributed by atoms with van der Waals surface area (Å²) in [7, 11) is 1.52. The molecule has 0 unspecified atom stereocenters. The Kier molecular flexibility index (Phi) is 4.11. The van der Waals surface area contributed by atoms with E-state index in [0.29, 0.717) is 17.9 Å². The monoisotopic (exact) mass is 232 g/mol. The number of para-hydroxylation sites is 1. The molecule has 0 spiro atoms. The van der Waals surface area contributed by atoms with Gasteiger partial charge in [-0.15, -0.1) is 0 Å². The fourth-order valence-electron chi connectivity index (χ4n) is 1.27. The van der Waals surface area contributed by atoms with Crippen LogP contribution in [0.2, 0.25) is 0 Å². The largest absolute Gasteiger partial charge is 0.496 e. The highest BCUT2D eigenvalue weighted by molar-refractivity contribution is 5.96. The van der Waals surface area contributed by atoms with E-state index in [9.17, 15) is 4.79 Å². The maximum Gasteiger partial charge on any atom is 0.255 e. The minimum Gasteiger partial charge on any atom is -0.496 e. The lowest BCUT2D eigenvalue weighted by Crippen LogP contribution is -2.33. The molecule has 1 rings (SSSR count). The van der Waals surface area contributed by atoms with Gasteiger partial charge in [0.05, 0.1) is 24.2 Å². The predicted molar refractivity (Wildman–Crippen MR) is 64.7 cm³/mol. The zero-order valence-corrected chi connectivity index (χ0v) is 10.3. The van der Waals surface area contributed by atoms with Gasteiger partial charge in [-0.3, -0.25) is 4.79 Å². The molecule has 4 nitrogen and oxygen atoms in total. The molecule has 0 radical (unpaired) electrons. The number of nitrogens with zero attached hydrogens (tertiary/aromatic N) is 1. The van der Waals surface area contributed by atoms with Crippen molar-refractivity contribution >= 4 is 5.91 Å². The first-order chi connectivity index (χ1) is 8.00. The molecule has 0 bridgehead atoms. The number of amides is 1. The number of ether oxygens (including phenoxy) is 1. The summed E-state index contributed by atoms with van der Waals surface area (Å²) >= 11 is 0. The number of hydrogen-bond acceptors (Lipinski definition) is 3. The van der Waals surface area contributed by atoms with Crippen LogP contribution in [0.1, 0.15) is 24.2 Å². The summed E-state index contributed by atoms with van der Waals surface area (Å²) < 4.78 is 5.10. The predicted octanol–water partition coefficient (Wildman–Crippen LogP) is 1.97. The van der Waals surface area contributed by atoms with Gasteiger partial charge in [0.1, 0.15) is 5.75 Å². The first kappa shape index (κ1) is 13.0. The van der Waals surface area contributed by atoms with E-state index in [1.54, 1.807) is 38.1 Å². The van der Waals surface area contributed by atoms with Crippen LogP contribution in [-0.2, 0) is 0 Å². The van der Waals surface area contributed by atoms with Gasteiger partial charge in [0.15, 0.2) is 0 Å². The average Bonchev–Trinajstić information content (AvgIpc) is 2.36. The third-order valence-electron chi connectivity index (χ3n) is 2.35. The number of benzene rings is 1. The third-order valence-corrected chi connectivity index (χ3v) is 2.35. The first-order valence-electron chi connectivity index (χ1n) is 5.32. The summed E-state index contributed by atoms with van der Waals surface area (Å²) in [5, 5.41) is 11.6. The molecule has 0 fully saturated rings. The summed E-state index contributed by atoms with van der Waals surface area (Å²) in [5.41, 5.74) is -0.0961. The second-order valence-electron chi connectivity index (χ2n) is 4.38. The molecule has 0 aromatic heterocycles. The van der Waals surface area contributed by atoms with E-state index >= 15 is 0 Å². The van der Waals surface area contributed by atoms with Crippen LogP contribution in [0.15, 0.2) is 24.3 Å². The summed E-state index contributed by atoms with van der Waals surface area (Å²) in [6.07, 6.45) is 0. The van der Waals surface area contributed by atoms with Crippen molar-refractivity contribution in [2.45, 2.75) is 13.8 Å². The smallest absolute Gasteiger partial charge is 0.255 e. The molecule has 0 aliphatic rings. The lowest BCUT2D eigenvalue weighted by atomic mass is 9.96. The Bertz CT molecular complexity index is 447. The van der Waals surface area contributed by atoms with Crippen molar-refractivity contribution in [2.24, 2.45) is 5.41 Å². The van der Waals surface area contributed by atoms with Gasteiger partial charge in [-0.2, -0.15) is 5.26 Å². The highest BCUT2D eigenvalue weighted by Crippen LogP contribution is 2.17. The minimum absolute atomic E-state index is 0.231. The Morgan fingerprint density at radius 2 is 2.12 bits per heavy atom. The van der Waals surface area contributed by atoms with Crippen molar-refractivity contribution in [3.05, 3.63) is 29.8 Å². The molecule has 17 heavy (non-hydrogen) atoms. The van der Waals surface area contributed by atoms with Crippen LogP contribution in [0, 0.1) is 16.7 Å². The van der Waals surface area contributed by atoms with Crippen LogP contribution in [0.3, 0.4) is 0 Å². The van der Waals surface area contributed by atoms with Crippen molar-refractivity contribution in [3.8, 4) is 11.8 Å². The van der Waals surface area contributed by atoms with Crippen LogP contribution in [0.5, 0.6) is 5.75 Å². The number of carbonyl (C=O) groups excluding carboxylic acids is 1. The standard InChI is InChI=1S/C13H16N2O2/c1-13(2,8-14)9-15-12(16)10-6-4-5-7-11(10)17-3/h4-7H,9H2,1-3H3,(H,15,16). The van der Waals surface area contributed by atoms with Gasteiger partial charge in [0.2, 0.25) is 0 Å². The van der Waals surface area contributed by atoms with Crippen LogP contribution < -0.4 is 10.1 Å². The van der Waals surface area contributed by atoms with Gasteiger partial charge in [-0.1, -0.05) is 12.1 Å². The molecule has 0 aliphatic heterocycles. The Morgan fingerprint density at radius 1 is 1.47 bits per heavy atom. The maximum absolute atomic E-state index is 11.9. The lowest BCUT2D eigenvalue weighted by Gasteiger charge is -2.16. The zero-order chi connectivity index (χ0) is 12.9. The second kappa shape index (κ2) is 5.35. The molecule has 0 saturated carbocycles. The van der Waals surface area contributed by atoms with Crippen molar-refractivity contribution < 1.29 is 9.53 Å². The van der Waals surface area contributed by atoms with Gasteiger partial charge in [0, 0.05) is 6.54 Å². The Hall–Kier alpha value is -2.02. The summed E-state index contributed by atoms with van der Waals surface area (Å²) in [4.78, 5) is 11.9. The van der Waals surface area contributed by atoms with E-state index in [1.165, 1.54) is 7.11 Å². The summed E-state index contributed by atoms with van der Waals surface area (Å²) in [6.45, 7) is 3.85. The first-order valence-corrected chi connectivity index (χ1v) is 5.32. The van der Waals surface area contributed by atoms with Crippen molar-refractivity contribution in [3.63, 3.8) is 0 Å². The molecule has 1 N–H and O–H groups in total. The second-order valence-corrected chi connectivity index (χ2v) is 4.38. The molecule has 0 atom stereocenters. The highest BCUT2D eigenvalue weighted by Gasteiger charge is 2.19. The van der Waals surface area contributed by atoms with Crippen molar-refractivity contribution in [1.29, 1.82) is 5.26 Å². The molecule has 1 aromatic rings. The Balaban J connectivity index is 2.75. The Labute approximate surface area is 101 Å².